The molecule has 9 nitrogen and oxygen atoms in total. The van der Waals surface area contributed by atoms with Gasteiger partial charge in [0, 0.05) is 49.9 Å². The predicted molar refractivity (Wildman–Crippen MR) is 110 cm³/mol. The molecule has 3 aromatic heterocycles. The Bertz CT molecular complexity index is 1080. The van der Waals surface area contributed by atoms with Gasteiger partial charge in [-0.1, -0.05) is 5.16 Å². The van der Waals surface area contributed by atoms with Gasteiger partial charge in [0.2, 0.25) is 0 Å². The van der Waals surface area contributed by atoms with Crippen LogP contribution in [-0.2, 0) is 12.8 Å². The summed E-state index contributed by atoms with van der Waals surface area (Å²) in [5.41, 5.74) is 3.50. The molecule has 5 rings (SSSR count). The highest BCUT2D eigenvalue weighted by molar-refractivity contribution is 5.94. The average molecular weight is 407 g/mol. The van der Waals surface area contributed by atoms with Crippen molar-refractivity contribution in [2.24, 2.45) is 0 Å². The predicted octanol–water partition coefficient (Wildman–Crippen LogP) is 2.11. The Morgan fingerprint density at radius 2 is 1.77 bits per heavy atom. The number of amides is 1. The van der Waals surface area contributed by atoms with Gasteiger partial charge in [0.1, 0.15) is 17.9 Å². The minimum atomic E-state index is -0.0208. The highest BCUT2D eigenvalue weighted by Crippen LogP contribution is 2.26. The molecule has 2 aliphatic rings. The van der Waals surface area contributed by atoms with Crippen molar-refractivity contribution in [3.05, 3.63) is 46.9 Å². The second-order valence-corrected chi connectivity index (χ2v) is 7.99. The van der Waals surface area contributed by atoms with Crippen molar-refractivity contribution < 1.29 is 9.32 Å². The van der Waals surface area contributed by atoms with Crippen LogP contribution in [0.4, 0.5) is 5.82 Å². The van der Waals surface area contributed by atoms with E-state index >= 15 is 0 Å². The van der Waals surface area contributed by atoms with Gasteiger partial charge in [-0.15, -0.1) is 0 Å². The van der Waals surface area contributed by atoms with Crippen LogP contribution in [0.25, 0.3) is 5.82 Å². The van der Waals surface area contributed by atoms with E-state index in [1.54, 1.807) is 6.33 Å². The number of carbonyl (C=O) groups is 1. The summed E-state index contributed by atoms with van der Waals surface area (Å²) >= 11 is 0. The molecule has 0 radical (unpaired) electrons. The normalized spacial score (nSPS) is 16.6. The molecule has 0 N–H and O–H groups in total. The van der Waals surface area contributed by atoms with Crippen LogP contribution in [-0.4, -0.2) is 61.9 Å². The first-order valence-corrected chi connectivity index (χ1v) is 10.5. The minimum absolute atomic E-state index is 0.0208. The van der Waals surface area contributed by atoms with Gasteiger partial charge < -0.3 is 14.3 Å². The number of aromatic nitrogens is 5. The molecule has 1 aliphatic heterocycles. The number of fused-ring (bicyclic) bond motifs is 1. The maximum Gasteiger partial charge on any atom is 0.276 e. The summed E-state index contributed by atoms with van der Waals surface area (Å²) in [6.45, 7) is 6.64. The van der Waals surface area contributed by atoms with E-state index in [1.807, 2.05) is 35.6 Å². The lowest BCUT2D eigenvalue weighted by Gasteiger charge is -2.35. The monoisotopic (exact) mass is 407 g/mol. The molecule has 3 aromatic rings. The van der Waals surface area contributed by atoms with Crippen molar-refractivity contribution in [3.63, 3.8) is 0 Å². The van der Waals surface area contributed by atoms with Crippen molar-refractivity contribution in [2.45, 2.75) is 39.5 Å². The lowest BCUT2D eigenvalue weighted by molar-refractivity contribution is 0.0735. The molecule has 0 spiro atoms. The van der Waals surface area contributed by atoms with Crippen molar-refractivity contribution in [2.75, 3.05) is 31.1 Å². The highest BCUT2D eigenvalue weighted by atomic mass is 16.5. The molecular formula is C21H25N7O2. The van der Waals surface area contributed by atoms with E-state index < -0.39 is 0 Å². The number of piperazine rings is 1. The Hall–Kier alpha value is -3.23. The fourth-order valence-electron chi connectivity index (χ4n) is 4.33. The minimum Gasteiger partial charge on any atom is -0.360 e. The summed E-state index contributed by atoms with van der Waals surface area (Å²) in [6, 6.07) is 3.97. The molecule has 0 saturated carbocycles. The Balaban J connectivity index is 1.28. The average Bonchev–Trinajstić information content (AvgIpc) is 3.36. The number of anilines is 1. The zero-order chi connectivity index (χ0) is 20.7. The van der Waals surface area contributed by atoms with Crippen LogP contribution >= 0.6 is 0 Å². The van der Waals surface area contributed by atoms with Gasteiger partial charge in [0.25, 0.3) is 5.91 Å². The van der Waals surface area contributed by atoms with E-state index in [0.717, 1.165) is 60.0 Å². The third kappa shape index (κ3) is 3.34. The van der Waals surface area contributed by atoms with E-state index in [1.165, 1.54) is 0 Å². The van der Waals surface area contributed by atoms with Crippen LogP contribution in [0.3, 0.4) is 0 Å². The summed E-state index contributed by atoms with van der Waals surface area (Å²) < 4.78 is 7.25. The zero-order valence-corrected chi connectivity index (χ0v) is 17.3. The largest absolute Gasteiger partial charge is 0.360 e. The fourth-order valence-corrected chi connectivity index (χ4v) is 4.33. The second kappa shape index (κ2) is 7.55. The van der Waals surface area contributed by atoms with Crippen LogP contribution in [0.1, 0.15) is 46.0 Å². The number of rotatable bonds is 3. The summed E-state index contributed by atoms with van der Waals surface area (Å²) in [5, 5.41) is 8.60. The first-order chi connectivity index (χ1) is 14.6. The molecule has 0 atom stereocenters. The molecule has 0 bridgehead atoms. The summed E-state index contributed by atoms with van der Waals surface area (Å²) in [4.78, 5) is 25.9. The van der Waals surface area contributed by atoms with Crippen molar-refractivity contribution in [3.8, 4) is 5.82 Å². The Morgan fingerprint density at radius 3 is 2.53 bits per heavy atom. The van der Waals surface area contributed by atoms with Gasteiger partial charge in [-0.3, -0.25) is 4.79 Å². The standard InChI is InChI=1S/C21H25N7O2/c1-14-11-15(2)28(24-14)19-12-18(22-13-23-19)26-7-9-27(10-8-26)21(29)20-16-5-3-4-6-17(16)30-25-20/h11-13H,3-10H2,1-2H3. The first-order valence-electron chi connectivity index (χ1n) is 10.5. The third-order valence-electron chi connectivity index (χ3n) is 5.91. The van der Waals surface area contributed by atoms with E-state index in [2.05, 4.69) is 25.1 Å². The maximum absolute atomic E-state index is 13.0. The number of hydrogen-bond donors (Lipinski definition) is 0. The topological polar surface area (TPSA) is 93.2 Å². The summed E-state index contributed by atoms with van der Waals surface area (Å²) in [7, 11) is 0. The molecular weight excluding hydrogens is 382 g/mol. The lowest BCUT2D eigenvalue weighted by Crippen LogP contribution is -2.49. The Labute approximate surface area is 174 Å². The van der Waals surface area contributed by atoms with E-state index in [-0.39, 0.29) is 5.91 Å². The van der Waals surface area contributed by atoms with E-state index in [0.29, 0.717) is 31.9 Å². The molecule has 9 heteroatoms. The van der Waals surface area contributed by atoms with Crippen LogP contribution in [0.2, 0.25) is 0 Å². The molecule has 4 heterocycles. The van der Waals surface area contributed by atoms with Crippen molar-refractivity contribution in [1.82, 2.24) is 29.8 Å². The second-order valence-electron chi connectivity index (χ2n) is 7.99. The molecule has 0 unspecified atom stereocenters. The quantitative estimate of drug-likeness (QED) is 0.656. The Morgan fingerprint density at radius 1 is 1.00 bits per heavy atom. The number of carbonyl (C=O) groups excluding carboxylic acids is 1. The van der Waals surface area contributed by atoms with Gasteiger partial charge in [0.05, 0.1) is 5.69 Å². The molecule has 1 aliphatic carbocycles. The highest BCUT2D eigenvalue weighted by Gasteiger charge is 2.29. The summed E-state index contributed by atoms with van der Waals surface area (Å²) in [5.74, 6) is 2.46. The maximum atomic E-state index is 13.0. The number of hydrogen-bond acceptors (Lipinski definition) is 7. The van der Waals surface area contributed by atoms with Gasteiger partial charge in [0.15, 0.2) is 11.5 Å². The third-order valence-corrected chi connectivity index (χ3v) is 5.91. The fraction of sp³-hybridized carbons (Fsp3) is 0.476. The lowest BCUT2D eigenvalue weighted by atomic mass is 9.96. The molecule has 30 heavy (non-hydrogen) atoms. The van der Waals surface area contributed by atoms with Gasteiger partial charge in [-0.05, 0) is 39.2 Å². The molecule has 1 saturated heterocycles. The van der Waals surface area contributed by atoms with Crippen LogP contribution < -0.4 is 4.90 Å². The SMILES string of the molecule is Cc1cc(C)n(-c2cc(N3CCN(C(=O)c4noc5c4CCCC5)CC3)ncn2)n1. The molecule has 156 valence electrons. The Kier molecular flexibility index (Phi) is 4.72. The molecule has 0 aromatic carbocycles. The smallest absolute Gasteiger partial charge is 0.276 e. The first kappa shape index (κ1) is 18.8. The summed E-state index contributed by atoms with van der Waals surface area (Å²) in [6.07, 6.45) is 5.53. The van der Waals surface area contributed by atoms with Gasteiger partial charge in [-0.2, -0.15) is 5.10 Å². The van der Waals surface area contributed by atoms with Gasteiger partial charge in [-0.25, -0.2) is 14.6 Å². The van der Waals surface area contributed by atoms with Gasteiger partial charge >= 0.3 is 0 Å². The van der Waals surface area contributed by atoms with E-state index in [4.69, 9.17) is 4.52 Å². The van der Waals surface area contributed by atoms with E-state index in [9.17, 15) is 4.79 Å². The molecule has 1 amide bonds. The van der Waals surface area contributed by atoms with Crippen molar-refractivity contribution in [1.29, 1.82) is 0 Å². The van der Waals surface area contributed by atoms with Crippen LogP contribution in [0.5, 0.6) is 0 Å². The number of aryl methyl sites for hydroxylation is 3. The van der Waals surface area contributed by atoms with Crippen LogP contribution in [0, 0.1) is 13.8 Å². The van der Waals surface area contributed by atoms with Crippen LogP contribution in [0.15, 0.2) is 23.0 Å². The number of nitrogens with zero attached hydrogens (tertiary/aromatic N) is 7. The zero-order valence-electron chi connectivity index (χ0n) is 17.3. The molecule has 1 fully saturated rings. The van der Waals surface area contributed by atoms with Crippen molar-refractivity contribution >= 4 is 11.7 Å².